The number of carbonyl (C=O) groups is 1. The molecule has 0 radical (unpaired) electrons. The molecule has 5 nitrogen and oxygen atoms in total. The van der Waals surface area contributed by atoms with E-state index in [0.717, 1.165) is 35.4 Å². The number of amides is 1. The molecule has 2 heterocycles. The van der Waals surface area contributed by atoms with Crippen LogP contribution in [0.15, 0.2) is 60.9 Å². The standard InChI is InChI=1S/C25H22Cl2N2O3/c26-17-3-1-15(2-4-17)16-7-8-29(11-16)25-12-24(13-25,14-25)28-23(31)22-10-20(30)19-9-18(27)5-6-21(19)32-22/h1-9,11,20,22,30H,10,12-14H2,(H,28,31)/t20-,22-,24?,25?/m1/s1. The molecule has 3 aromatic rings. The number of benzene rings is 2. The molecule has 3 aliphatic carbocycles. The van der Waals surface area contributed by atoms with Crippen molar-refractivity contribution in [1.82, 2.24) is 9.88 Å². The second-order valence-electron chi connectivity index (χ2n) is 9.38. The van der Waals surface area contributed by atoms with Gasteiger partial charge in [-0.05, 0) is 66.8 Å². The summed E-state index contributed by atoms with van der Waals surface area (Å²) in [5.41, 5.74) is 2.84. The van der Waals surface area contributed by atoms with Crippen LogP contribution in [0.5, 0.6) is 5.75 Å². The quantitative estimate of drug-likeness (QED) is 0.559. The molecule has 32 heavy (non-hydrogen) atoms. The Bertz CT molecular complexity index is 1200. The number of aromatic nitrogens is 1. The number of carbonyl (C=O) groups excluding carboxylic acids is 1. The lowest BCUT2D eigenvalue weighted by atomic mass is 9.44. The van der Waals surface area contributed by atoms with Crippen LogP contribution in [0.2, 0.25) is 10.0 Å². The van der Waals surface area contributed by atoms with Gasteiger partial charge in [0.2, 0.25) is 0 Å². The van der Waals surface area contributed by atoms with Crippen LogP contribution >= 0.6 is 23.2 Å². The van der Waals surface area contributed by atoms with Crippen LogP contribution < -0.4 is 10.1 Å². The first kappa shape index (κ1) is 20.2. The summed E-state index contributed by atoms with van der Waals surface area (Å²) in [5.74, 6) is 0.358. The monoisotopic (exact) mass is 468 g/mol. The van der Waals surface area contributed by atoms with Crippen molar-refractivity contribution in [2.45, 2.75) is 49.0 Å². The molecule has 0 spiro atoms. The third-order valence-electron chi connectivity index (χ3n) is 7.14. The molecular weight excluding hydrogens is 447 g/mol. The lowest BCUT2D eigenvalue weighted by Crippen LogP contribution is -2.79. The zero-order valence-corrected chi connectivity index (χ0v) is 18.7. The molecule has 2 N–H and O–H groups in total. The van der Waals surface area contributed by atoms with Gasteiger partial charge in [0.1, 0.15) is 5.75 Å². The lowest BCUT2D eigenvalue weighted by Gasteiger charge is -2.71. The van der Waals surface area contributed by atoms with Crippen LogP contribution in [0.25, 0.3) is 11.1 Å². The number of fused-ring (bicyclic) bond motifs is 1. The van der Waals surface area contributed by atoms with E-state index in [1.165, 1.54) is 0 Å². The summed E-state index contributed by atoms with van der Waals surface area (Å²) in [6.45, 7) is 0. The summed E-state index contributed by atoms with van der Waals surface area (Å²) in [6, 6.07) is 15.1. The Morgan fingerprint density at radius 3 is 2.50 bits per heavy atom. The van der Waals surface area contributed by atoms with Crippen molar-refractivity contribution in [2.24, 2.45) is 0 Å². The first-order chi connectivity index (χ1) is 15.3. The average molecular weight is 469 g/mol. The van der Waals surface area contributed by atoms with Gasteiger partial charge in [-0.25, -0.2) is 0 Å². The highest BCUT2D eigenvalue weighted by atomic mass is 35.5. The van der Waals surface area contributed by atoms with Gasteiger partial charge < -0.3 is 19.7 Å². The van der Waals surface area contributed by atoms with Gasteiger partial charge in [-0.2, -0.15) is 0 Å². The number of hydrogen-bond acceptors (Lipinski definition) is 3. The van der Waals surface area contributed by atoms with Gasteiger partial charge >= 0.3 is 0 Å². The highest BCUT2D eigenvalue weighted by molar-refractivity contribution is 6.31. The molecule has 2 bridgehead atoms. The zero-order chi connectivity index (χ0) is 22.1. The molecule has 7 rings (SSSR count). The smallest absolute Gasteiger partial charge is 0.261 e. The minimum Gasteiger partial charge on any atom is -0.480 e. The predicted octanol–water partition coefficient (Wildman–Crippen LogP) is 5.09. The van der Waals surface area contributed by atoms with Gasteiger partial charge in [-0.15, -0.1) is 0 Å². The Kier molecular flexibility index (Phi) is 4.42. The summed E-state index contributed by atoms with van der Waals surface area (Å²) in [6.07, 6.45) is 5.77. The predicted molar refractivity (Wildman–Crippen MR) is 123 cm³/mol. The number of hydrogen-bond donors (Lipinski definition) is 2. The number of nitrogens with one attached hydrogen (secondary N) is 1. The van der Waals surface area contributed by atoms with Gasteiger partial charge in [-0.3, -0.25) is 4.79 Å². The van der Waals surface area contributed by atoms with Crippen molar-refractivity contribution >= 4 is 29.1 Å². The van der Waals surface area contributed by atoms with Gasteiger partial charge in [0.15, 0.2) is 6.10 Å². The van der Waals surface area contributed by atoms with E-state index in [2.05, 4.69) is 28.3 Å². The number of nitrogens with zero attached hydrogens (tertiary/aromatic N) is 1. The van der Waals surface area contributed by atoms with Gasteiger partial charge in [-0.1, -0.05) is 35.3 Å². The van der Waals surface area contributed by atoms with Crippen LogP contribution in [-0.4, -0.2) is 27.2 Å². The number of halogens is 2. The maximum absolute atomic E-state index is 12.9. The Hall–Kier alpha value is -2.47. The molecule has 0 saturated heterocycles. The summed E-state index contributed by atoms with van der Waals surface area (Å²) >= 11 is 12.0. The molecule has 2 atom stereocenters. The van der Waals surface area contributed by atoms with Crippen LogP contribution in [-0.2, 0) is 10.3 Å². The summed E-state index contributed by atoms with van der Waals surface area (Å²) in [5, 5.41) is 14.9. The molecule has 7 heteroatoms. The molecular formula is C25H22Cl2N2O3. The molecule has 1 aliphatic heterocycles. The van der Waals surface area contributed by atoms with Crippen molar-refractivity contribution in [3.05, 3.63) is 76.5 Å². The topological polar surface area (TPSA) is 63.5 Å². The third-order valence-corrected chi connectivity index (χ3v) is 7.63. The summed E-state index contributed by atoms with van der Waals surface area (Å²) < 4.78 is 8.16. The fourth-order valence-electron chi connectivity index (χ4n) is 5.57. The first-order valence-electron chi connectivity index (χ1n) is 10.8. The van der Waals surface area contributed by atoms with E-state index in [1.807, 2.05) is 24.3 Å². The van der Waals surface area contributed by atoms with Crippen molar-refractivity contribution in [2.75, 3.05) is 0 Å². The highest BCUT2D eigenvalue weighted by Gasteiger charge is 2.69. The van der Waals surface area contributed by atoms with Crippen molar-refractivity contribution in [1.29, 1.82) is 0 Å². The van der Waals surface area contributed by atoms with E-state index >= 15 is 0 Å². The second-order valence-corrected chi connectivity index (χ2v) is 10.3. The normalized spacial score (nSPS) is 29.8. The van der Waals surface area contributed by atoms with E-state index in [4.69, 9.17) is 27.9 Å². The van der Waals surface area contributed by atoms with Crippen LogP contribution in [0.3, 0.4) is 0 Å². The maximum Gasteiger partial charge on any atom is 0.261 e. The Balaban J connectivity index is 1.10. The first-order valence-corrected chi connectivity index (χ1v) is 11.5. The Morgan fingerprint density at radius 1 is 1.03 bits per heavy atom. The number of ether oxygens (including phenoxy) is 1. The van der Waals surface area contributed by atoms with Crippen molar-refractivity contribution in [3.63, 3.8) is 0 Å². The molecule has 2 aromatic carbocycles. The molecule has 164 valence electrons. The molecule has 1 amide bonds. The van der Waals surface area contributed by atoms with Gasteiger partial charge in [0, 0.05) is 40.0 Å². The highest BCUT2D eigenvalue weighted by Crippen LogP contribution is 2.65. The average Bonchev–Trinajstić information content (AvgIpc) is 3.20. The SMILES string of the molecule is O=C(NC12CC(n3ccc(-c4ccc(Cl)cc4)c3)(C1)C2)[C@H]1C[C@@H](O)c2cc(Cl)ccc2O1. The largest absolute Gasteiger partial charge is 0.480 e. The van der Waals surface area contributed by atoms with Gasteiger partial charge in [0.05, 0.1) is 11.6 Å². The van der Waals surface area contributed by atoms with E-state index in [0.29, 0.717) is 16.3 Å². The van der Waals surface area contributed by atoms with Crippen molar-refractivity contribution in [3.8, 4) is 16.9 Å². The van der Waals surface area contributed by atoms with E-state index in [9.17, 15) is 9.90 Å². The van der Waals surface area contributed by atoms with E-state index < -0.39 is 12.2 Å². The molecule has 4 aliphatic rings. The third kappa shape index (κ3) is 3.14. The number of aliphatic hydroxyl groups is 1. The van der Waals surface area contributed by atoms with Crippen molar-refractivity contribution < 1.29 is 14.6 Å². The molecule has 3 saturated carbocycles. The molecule has 0 unspecified atom stereocenters. The van der Waals surface area contributed by atoms with Crippen LogP contribution in [0, 0.1) is 0 Å². The van der Waals surface area contributed by atoms with Crippen LogP contribution in [0.1, 0.15) is 37.4 Å². The summed E-state index contributed by atoms with van der Waals surface area (Å²) in [7, 11) is 0. The van der Waals surface area contributed by atoms with E-state index in [1.54, 1.807) is 18.2 Å². The Labute approximate surface area is 195 Å². The van der Waals surface area contributed by atoms with Crippen LogP contribution in [0.4, 0.5) is 0 Å². The maximum atomic E-state index is 12.9. The molecule has 3 fully saturated rings. The lowest BCUT2D eigenvalue weighted by molar-refractivity contribution is -0.161. The second kappa shape index (κ2) is 7.01. The van der Waals surface area contributed by atoms with E-state index in [-0.39, 0.29) is 23.4 Å². The minimum atomic E-state index is -0.765. The minimum absolute atomic E-state index is 0.0776. The summed E-state index contributed by atoms with van der Waals surface area (Å²) in [4.78, 5) is 12.9. The zero-order valence-electron chi connectivity index (χ0n) is 17.2. The fourth-order valence-corrected chi connectivity index (χ4v) is 5.87. The van der Waals surface area contributed by atoms with Gasteiger partial charge in [0.25, 0.3) is 5.91 Å². The number of rotatable bonds is 4. The Morgan fingerprint density at radius 2 is 1.75 bits per heavy atom. The molecule has 1 aromatic heterocycles. The fraction of sp³-hybridized carbons (Fsp3) is 0.320. The number of aliphatic hydroxyl groups excluding tert-OH is 1.